The monoisotopic (exact) mass is 228 g/mol. The molecule has 1 amide bonds. The highest BCUT2D eigenvalue weighted by Crippen LogP contribution is 2.34. The summed E-state index contributed by atoms with van der Waals surface area (Å²) in [6.45, 7) is 4.84. The van der Waals surface area contributed by atoms with E-state index in [9.17, 15) is 4.79 Å². The molecule has 3 nitrogen and oxygen atoms in total. The van der Waals surface area contributed by atoms with Gasteiger partial charge in [0.15, 0.2) is 0 Å². The number of hydrogen-bond donors (Lipinski definition) is 0. The number of amides is 1. The van der Waals surface area contributed by atoms with E-state index in [0.717, 1.165) is 6.42 Å². The minimum absolute atomic E-state index is 0.0326. The first-order valence-corrected chi connectivity index (χ1v) is 5.79. The maximum atomic E-state index is 12.3. The van der Waals surface area contributed by atoms with Crippen molar-refractivity contribution in [2.24, 2.45) is 5.41 Å². The van der Waals surface area contributed by atoms with E-state index in [-0.39, 0.29) is 17.4 Å². The largest absolute Gasteiger partial charge is 0.322 e. The van der Waals surface area contributed by atoms with Crippen LogP contribution in [0, 0.1) is 16.7 Å². The lowest BCUT2D eigenvalue weighted by atomic mass is 9.91. The maximum absolute atomic E-state index is 12.3. The second kappa shape index (κ2) is 4.21. The summed E-state index contributed by atoms with van der Waals surface area (Å²) < 4.78 is 0. The molecule has 1 atom stereocenters. The molecule has 0 aromatic heterocycles. The van der Waals surface area contributed by atoms with Crippen LogP contribution in [0.3, 0.4) is 0 Å². The summed E-state index contributed by atoms with van der Waals surface area (Å²) >= 11 is 0. The third-order valence-corrected chi connectivity index (χ3v) is 3.15. The van der Waals surface area contributed by atoms with Crippen molar-refractivity contribution in [3.05, 3.63) is 35.9 Å². The van der Waals surface area contributed by atoms with Gasteiger partial charge >= 0.3 is 0 Å². The smallest absolute Gasteiger partial charge is 0.254 e. The van der Waals surface area contributed by atoms with Gasteiger partial charge in [0.25, 0.3) is 5.91 Å². The van der Waals surface area contributed by atoms with Crippen molar-refractivity contribution in [3.8, 4) is 6.07 Å². The van der Waals surface area contributed by atoms with Crippen LogP contribution in [0.4, 0.5) is 0 Å². The molecule has 1 heterocycles. The number of nitriles is 1. The number of carbonyl (C=O) groups excluding carboxylic acids is 1. The van der Waals surface area contributed by atoms with E-state index in [1.54, 1.807) is 17.0 Å². The Kier molecular flexibility index (Phi) is 2.89. The molecular formula is C14H16N2O. The van der Waals surface area contributed by atoms with E-state index in [4.69, 9.17) is 5.26 Å². The van der Waals surface area contributed by atoms with Gasteiger partial charge in [0.1, 0.15) is 6.04 Å². The molecule has 1 aliphatic rings. The fourth-order valence-corrected chi connectivity index (χ4v) is 2.34. The van der Waals surface area contributed by atoms with Crippen molar-refractivity contribution >= 4 is 5.91 Å². The van der Waals surface area contributed by atoms with Crippen molar-refractivity contribution < 1.29 is 4.79 Å². The summed E-state index contributed by atoms with van der Waals surface area (Å²) in [7, 11) is 0. The van der Waals surface area contributed by atoms with Gasteiger partial charge in [0.05, 0.1) is 6.07 Å². The lowest BCUT2D eigenvalue weighted by molar-refractivity contribution is 0.0752. The highest BCUT2D eigenvalue weighted by Gasteiger charge is 2.40. The molecule has 1 aliphatic heterocycles. The van der Waals surface area contributed by atoms with Gasteiger partial charge in [-0.2, -0.15) is 5.26 Å². The first kappa shape index (κ1) is 11.7. The molecule has 17 heavy (non-hydrogen) atoms. The van der Waals surface area contributed by atoms with Gasteiger partial charge in [0.2, 0.25) is 0 Å². The van der Waals surface area contributed by atoms with E-state index in [2.05, 4.69) is 19.9 Å². The molecule has 2 rings (SSSR count). The van der Waals surface area contributed by atoms with E-state index >= 15 is 0 Å². The Morgan fingerprint density at radius 1 is 1.41 bits per heavy atom. The van der Waals surface area contributed by atoms with Gasteiger partial charge in [-0.25, -0.2) is 0 Å². The Morgan fingerprint density at radius 2 is 2.06 bits per heavy atom. The third kappa shape index (κ3) is 2.31. The van der Waals surface area contributed by atoms with E-state index in [1.807, 2.05) is 18.2 Å². The molecule has 0 bridgehead atoms. The van der Waals surface area contributed by atoms with Crippen molar-refractivity contribution in [2.75, 3.05) is 6.54 Å². The molecular weight excluding hydrogens is 212 g/mol. The fraction of sp³-hybridized carbons (Fsp3) is 0.429. The summed E-state index contributed by atoms with van der Waals surface area (Å²) in [4.78, 5) is 14.0. The van der Waals surface area contributed by atoms with Crippen LogP contribution in [0.2, 0.25) is 0 Å². The van der Waals surface area contributed by atoms with Crippen LogP contribution < -0.4 is 0 Å². The zero-order valence-corrected chi connectivity index (χ0v) is 10.2. The molecule has 0 radical (unpaired) electrons. The Hall–Kier alpha value is -1.82. The number of benzene rings is 1. The Labute approximate surface area is 102 Å². The summed E-state index contributed by atoms with van der Waals surface area (Å²) in [5.41, 5.74) is 0.690. The zero-order chi connectivity index (χ0) is 12.5. The Balaban J connectivity index is 2.24. The maximum Gasteiger partial charge on any atom is 0.254 e. The van der Waals surface area contributed by atoms with Gasteiger partial charge in [-0.05, 0) is 24.0 Å². The average molecular weight is 228 g/mol. The Bertz CT molecular complexity index is 459. The van der Waals surface area contributed by atoms with Crippen LogP contribution in [0.1, 0.15) is 30.6 Å². The van der Waals surface area contributed by atoms with E-state index < -0.39 is 0 Å². The van der Waals surface area contributed by atoms with Crippen molar-refractivity contribution in [2.45, 2.75) is 26.3 Å². The molecule has 0 spiro atoms. The normalized spacial score (nSPS) is 22.2. The zero-order valence-electron chi connectivity index (χ0n) is 10.2. The summed E-state index contributed by atoms with van der Waals surface area (Å²) in [5, 5.41) is 9.12. The lowest BCUT2D eigenvalue weighted by Crippen LogP contribution is -2.35. The van der Waals surface area contributed by atoms with Crippen molar-refractivity contribution in [1.82, 2.24) is 4.90 Å². The van der Waals surface area contributed by atoms with Gasteiger partial charge in [0, 0.05) is 12.1 Å². The first-order valence-electron chi connectivity index (χ1n) is 5.79. The number of nitrogens with zero attached hydrogens (tertiary/aromatic N) is 2. The predicted molar refractivity (Wildman–Crippen MR) is 65.3 cm³/mol. The molecule has 1 aromatic carbocycles. The minimum Gasteiger partial charge on any atom is -0.322 e. The van der Waals surface area contributed by atoms with Crippen LogP contribution >= 0.6 is 0 Å². The standard InChI is InChI=1S/C14H16N2O/c1-14(2)8-12(9-15)16(10-14)13(17)11-6-4-3-5-7-11/h3-7,12H,8,10H2,1-2H3/t12-/m1/s1. The van der Waals surface area contributed by atoms with Crippen molar-refractivity contribution in [3.63, 3.8) is 0 Å². The topological polar surface area (TPSA) is 44.1 Å². The molecule has 0 unspecified atom stereocenters. The highest BCUT2D eigenvalue weighted by atomic mass is 16.2. The van der Waals surface area contributed by atoms with E-state index in [0.29, 0.717) is 12.1 Å². The molecule has 3 heteroatoms. The molecule has 0 aliphatic carbocycles. The number of carbonyl (C=O) groups is 1. The summed E-state index contributed by atoms with van der Waals surface area (Å²) in [6.07, 6.45) is 0.752. The van der Waals surface area contributed by atoms with Crippen LogP contribution in [0.25, 0.3) is 0 Å². The second-order valence-corrected chi connectivity index (χ2v) is 5.31. The number of likely N-dealkylation sites (tertiary alicyclic amines) is 1. The van der Waals surface area contributed by atoms with Gasteiger partial charge in [-0.3, -0.25) is 4.79 Å². The third-order valence-electron chi connectivity index (χ3n) is 3.15. The summed E-state index contributed by atoms with van der Waals surface area (Å²) in [5.74, 6) is -0.0391. The van der Waals surface area contributed by atoms with Crippen LogP contribution in [0.15, 0.2) is 30.3 Å². The highest BCUT2D eigenvalue weighted by molar-refractivity contribution is 5.94. The summed E-state index contributed by atoms with van der Waals surface area (Å²) in [6, 6.07) is 11.1. The predicted octanol–water partition coefficient (Wildman–Crippen LogP) is 2.45. The van der Waals surface area contributed by atoms with Gasteiger partial charge in [-0.1, -0.05) is 32.0 Å². The van der Waals surface area contributed by atoms with Crippen molar-refractivity contribution in [1.29, 1.82) is 5.26 Å². The molecule has 1 aromatic rings. The first-order chi connectivity index (χ1) is 8.03. The molecule has 0 saturated carbocycles. The van der Waals surface area contributed by atoms with Crippen LogP contribution in [-0.4, -0.2) is 23.4 Å². The minimum atomic E-state index is -0.294. The second-order valence-electron chi connectivity index (χ2n) is 5.31. The molecule has 0 N–H and O–H groups in total. The van der Waals surface area contributed by atoms with E-state index in [1.165, 1.54) is 0 Å². The van der Waals surface area contributed by atoms with Gasteiger partial charge in [-0.15, -0.1) is 0 Å². The fourth-order valence-electron chi connectivity index (χ4n) is 2.34. The Morgan fingerprint density at radius 3 is 2.65 bits per heavy atom. The number of rotatable bonds is 1. The lowest BCUT2D eigenvalue weighted by Gasteiger charge is -2.21. The SMILES string of the molecule is CC1(C)C[C@H](C#N)N(C(=O)c2ccccc2)C1. The quantitative estimate of drug-likeness (QED) is 0.741. The molecule has 88 valence electrons. The van der Waals surface area contributed by atoms with Gasteiger partial charge < -0.3 is 4.90 Å². The van der Waals surface area contributed by atoms with Crippen LogP contribution in [0.5, 0.6) is 0 Å². The molecule has 1 fully saturated rings. The average Bonchev–Trinajstić information content (AvgIpc) is 2.65. The molecule has 1 saturated heterocycles. The van der Waals surface area contributed by atoms with Crippen LogP contribution in [-0.2, 0) is 0 Å². The number of hydrogen-bond acceptors (Lipinski definition) is 2.